The third kappa shape index (κ3) is 10.9. The van der Waals surface area contributed by atoms with Gasteiger partial charge in [0, 0.05) is 0 Å². The lowest BCUT2D eigenvalue weighted by atomic mass is 10.1. The molecular weight excluding hydrogens is 296 g/mol. The molecule has 0 aromatic heterocycles. The molecule has 0 N–H and O–H groups in total. The fourth-order valence-electron chi connectivity index (χ4n) is 1.08. The summed E-state index contributed by atoms with van der Waals surface area (Å²) in [5.41, 5.74) is 0. The molecule has 0 heterocycles. The highest BCUT2D eigenvalue weighted by molar-refractivity contribution is 9.51. The van der Waals surface area contributed by atoms with Crippen molar-refractivity contribution in [1.82, 2.24) is 0 Å². The summed E-state index contributed by atoms with van der Waals surface area (Å²) in [4.78, 5) is 0. The standard InChI is InChI=1S/C9H18Br2Si/c1-3-4-5-6-7-8-9-12(2,10)11/h3H,1,4-9H2,2H3. The van der Waals surface area contributed by atoms with Crippen molar-refractivity contribution in [1.29, 1.82) is 0 Å². The number of rotatable bonds is 7. The van der Waals surface area contributed by atoms with Gasteiger partial charge in [0.05, 0.1) is 0 Å². The zero-order chi connectivity index (χ0) is 9.45. The van der Waals surface area contributed by atoms with E-state index in [-0.39, 0.29) is 0 Å². The Morgan fingerprint density at radius 2 is 1.75 bits per heavy atom. The molecular formula is C9H18Br2Si. The molecule has 0 atom stereocenters. The van der Waals surface area contributed by atoms with E-state index in [1.54, 1.807) is 0 Å². The van der Waals surface area contributed by atoms with E-state index in [0.29, 0.717) is 0 Å². The smallest absolute Gasteiger partial charge is 0.111 e. The molecule has 0 aromatic carbocycles. The molecule has 0 aliphatic heterocycles. The van der Waals surface area contributed by atoms with Gasteiger partial charge >= 0.3 is 0 Å². The van der Waals surface area contributed by atoms with Gasteiger partial charge in [-0.2, -0.15) is 0 Å². The Bertz CT molecular complexity index is 118. The van der Waals surface area contributed by atoms with Gasteiger partial charge in [0.25, 0.3) is 0 Å². The highest BCUT2D eigenvalue weighted by atomic mass is 79.9. The van der Waals surface area contributed by atoms with Gasteiger partial charge in [0.2, 0.25) is 0 Å². The molecule has 0 unspecified atom stereocenters. The number of hydrogen-bond donors (Lipinski definition) is 0. The van der Waals surface area contributed by atoms with Crippen molar-refractivity contribution < 1.29 is 0 Å². The molecule has 0 spiro atoms. The van der Waals surface area contributed by atoms with Gasteiger partial charge in [0.1, 0.15) is 0 Å². The van der Waals surface area contributed by atoms with E-state index in [1.807, 2.05) is 6.08 Å². The van der Waals surface area contributed by atoms with Gasteiger partial charge in [-0.15, -0.1) is 37.2 Å². The van der Waals surface area contributed by atoms with Crippen LogP contribution in [0.25, 0.3) is 0 Å². The van der Waals surface area contributed by atoms with Crippen LogP contribution in [0, 0.1) is 0 Å². The van der Waals surface area contributed by atoms with Crippen molar-refractivity contribution in [3.05, 3.63) is 12.7 Å². The molecule has 0 aliphatic carbocycles. The van der Waals surface area contributed by atoms with E-state index in [2.05, 4.69) is 43.7 Å². The van der Waals surface area contributed by atoms with Crippen molar-refractivity contribution >= 4 is 35.9 Å². The first-order valence-electron chi connectivity index (χ1n) is 4.55. The summed E-state index contributed by atoms with van der Waals surface area (Å²) in [6.45, 7) is 6.00. The molecule has 0 saturated carbocycles. The largest absolute Gasteiger partial charge is 0.198 e. The first-order chi connectivity index (χ1) is 5.56. The summed E-state index contributed by atoms with van der Waals surface area (Å²) in [7, 11) is 0. The van der Waals surface area contributed by atoms with E-state index >= 15 is 0 Å². The van der Waals surface area contributed by atoms with Crippen LogP contribution in [0.15, 0.2) is 12.7 Å². The van der Waals surface area contributed by atoms with Crippen LogP contribution in [0.2, 0.25) is 12.6 Å². The normalized spacial score (nSPS) is 11.6. The molecule has 0 rings (SSSR count). The Morgan fingerprint density at radius 1 is 1.17 bits per heavy atom. The van der Waals surface area contributed by atoms with Gasteiger partial charge in [-0.05, 0) is 18.9 Å². The zero-order valence-electron chi connectivity index (χ0n) is 7.78. The van der Waals surface area contributed by atoms with Crippen molar-refractivity contribution in [2.75, 3.05) is 0 Å². The second-order valence-corrected chi connectivity index (χ2v) is 19.6. The predicted molar refractivity (Wildman–Crippen MR) is 67.6 cm³/mol. The van der Waals surface area contributed by atoms with Crippen molar-refractivity contribution in [2.24, 2.45) is 0 Å². The summed E-state index contributed by atoms with van der Waals surface area (Å²) in [6, 6.07) is 1.33. The summed E-state index contributed by atoms with van der Waals surface area (Å²) < 4.78 is 0. The Kier molecular flexibility index (Phi) is 7.89. The molecule has 0 amide bonds. The SMILES string of the molecule is C=CCCCCCC[Si](C)(Br)Br. The van der Waals surface area contributed by atoms with Gasteiger partial charge in [-0.3, -0.25) is 0 Å². The first-order valence-corrected chi connectivity index (χ1v) is 11.8. The predicted octanol–water partition coefficient (Wildman–Crippen LogP) is 4.98. The highest BCUT2D eigenvalue weighted by Gasteiger charge is 2.17. The van der Waals surface area contributed by atoms with E-state index in [4.69, 9.17) is 0 Å². The summed E-state index contributed by atoms with van der Waals surface area (Å²) >= 11 is 7.40. The average Bonchev–Trinajstić information content (AvgIpc) is 1.94. The quantitative estimate of drug-likeness (QED) is 0.269. The van der Waals surface area contributed by atoms with Crippen LogP contribution in [0.1, 0.15) is 32.1 Å². The van der Waals surface area contributed by atoms with E-state index < -0.39 is 5.31 Å². The molecule has 0 aliphatic rings. The van der Waals surface area contributed by atoms with Crippen LogP contribution in [-0.4, -0.2) is 5.31 Å². The molecule has 0 bridgehead atoms. The Labute approximate surface area is 93.0 Å². The Hall–Kier alpha value is 0.917. The lowest BCUT2D eigenvalue weighted by molar-refractivity contribution is 0.673. The summed E-state index contributed by atoms with van der Waals surface area (Å²) in [5.74, 6) is 0. The number of hydrogen-bond acceptors (Lipinski definition) is 0. The van der Waals surface area contributed by atoms with Gasteiger partial charge < -0.3 is 0 Å². The lowest BCUT2D eigenvalue weighted by Gasteiger charge is -2.09. The minimum atomic E-state index is -1.12. The van der Waals surface area contributed by atoms with Gasteiger partial charge in [0.15, 0.2) is 5.31 Å². The molecule has 0 fully saturated rings. The average molecular weight is 314 g/mol. The highest BCUT2D eigenvalue weighted by Crippen LogP contribution is 2.27. The monoisotopic (exact) mass is 312 g/mol. The maximum atomic E-state index is 3.71. The van der Waals surface area contributed by atoms with E-state index in [1.165, 1.54) is 38.1 Å². The second kappa shape index (κ2) is 7.33. The molecule has 72 valence electrons. The molecule has 0 radical (unpaired) electrons. The third-order valence-corrected chi connectivity index (χ3v) is 5.38. The van der Waals surface area contributed by atoms with Crippen LogP contribution >= 0.6 is 30.6 Å². The zero-order valence-corrected chi connectivity index (χ0v) is 12.0. The lowest BCUT2D eigenvalue weighted by Crippen LogP contribution is -2.09. The Morgan fingerprint density at radius 3 is 2.25 bits per heavy atom. The van der Waals surface area contributed by atoms with Crippen LogP contribution in [0.5, 0.6) is 0 Å². The van der Waals surface area contributed by atoms with Crippen LogP contribution < -0.4 is 0 Å². The maximum absolute atomic E-state index is 3.71. The molecule has 0 saturated heterocycles. The molecule has 0 nitrogen and oxygen atoms in total. The van der Waals surface area contributed by atoms with Crippen LogP contribution in [0.3, 0.4) is 0 Å². The Balaban J connectivity index is 3.06. The van der Waals surface area contributed by atoms with Crippen molar-refractivity contribution in [2.45, 2.75) is 44.7 Å². The second-order valence-electron chi connectivity index (χ2n) is 3.31. The van der Waals surface area contributed by atoms with Crippen LogP contribution in [-0.2, 0) is 0 Å². The number of unbranched alkanes of at least 4 members (excludes halogenated alkanes) is 4. The minimum absolute atomic E-state index is 1.12. The molecule has 0 aromatic rings. The van der Waals surface area contributed by atoms with Gasteiger partial charge in [-0.1, -0.05) is 31.9 Å². The summed E-state index contributed by atoms with van der Waals surface area (Å²) in [6.07, 6.45) is 8.58. The van der Waals surface area contributed by atoms with E-state index in [0.717, 1.165) is 0 Å². The topological polar surface area (TPSA) is 0 Å². The molecule has 12 heavy (non-hydrogen) atoms. The third-order valence-electron chi connectivity index (χ3n) is 1.77. The van der Waals surface area contributed by atoms with Gasteiger partial charge in [-0.25, -0.2) is 0 Å². The number of allylic oxidation sites excluding steroid dienone is 1. The van der Waals surface area contributed by atoms with E-state index in [9.17, 15) is 0 Å². The summed E-state index contributed by atoms with van der Waals surface area (Å²) in [5, 5.41) is -1.12. The first kappa shape index (κ1) is 12.9. The maximum Gasteiger partial charge on any atom is 0.198 e. The number of halogens is 2. The fraction of sp³-hybridized carbons (Fsp3) is 0.778. The van der Waals surface area contributed by atoms with Crippen LogP contribution in [0.4, 0.5) is 0 Å². The van der Waals surface area contributed by atoms with Crippen molar-refractivity contribution in [3.63, 3.8) is 0 Å². The minimum Gasteiger partial charge on any atom is -0.111 e. The van der Waals surface area contributed by atoms with Crippen molar-refractivity contribution in [3.8, 4) is 0 Å². The fourth-order valence-corrected chi connectivity index (χ4v) is 3.63. The molecule has 3 heteroatoms.